The lowest BCUT2D eigenvalue weighted by Crippen LogP contribution is -2.33. The highest BCUT2D eigenvalue weighted by Gasteiger charge is 2.38. The van der Waals surface area contributed by atoms with E-state index in [1.165, 1.54) is 36.8 Å². The molecule has 2 N–H and O–H groups in total. The maximum absolute atomic E-state index is 6.07. The monoisotopic (exact) mass is 297 g/mol. The van der Waals surface area contributed by atoms with E-state index in [2.05, 4.69) is 28.9 Å². The quantitative estimate of drug-likeness (QED) is 0.926. The molecule has 17 heavy (non-hydrogen) atoms. The number of nitrogens with two attached hydrogens (primary N) is 1. The van der Waals surface area contributed by atoms with Crippen LogP contribution in [0.25, 0.3) is 0 Å². The second-order valence-corrected chi connectivity index (χ2v) is 5.80. The molecule has 0 aliphatic heterocycles. The van der Waals surface area contributed by atoms with Crippen LogP contribution in [0.1, 0.15) is 36.8 Å². The van der Waals surface area contributed by atoms with Gasteiger partial charge in [0, 0.05) is 22.0 Å². The summed E-state index contributed by atoms with van der Waals surface area (Å²) in [7, 11) is 1.74. The van der Waals surface area contributed by atoms with Gasteiger partial charge < -0.3 is 10.5 Å². The van der Waals surface area contributed by atoms with E-state index in [-0.39, 0.29) is 5.41 Å². The van der Waals surface area contributed by atoms with Crippen molar-refractivity contribution in [3.63, 3.8) is 0 Å². The van der Waals surface area contributed by atoms with Gasteiger partial charge in [-0.05, 0) is 37.5 Å². The van der Waals surface area contributed by atoms with E-state index in [9.17, 15) is 0 Å². The molecule has 0 spiro atoms. The molecule has 0 unspecified atom stereocenters. The van der Waals surface area contributed by atoms with Crippen molar-refractivity contribution in [2.45, 2.75) is 38.0 Å². The molecule has 0 heterocycles. The predicted octanol–water partition coefficient (Wildman–Crippen LogP) is 3.54. The molecule has 1 aliphatic carbocycles. The van der Waals surface area contributed by atoms with Crippen LogP contribution in [-0.4, -0.2) is 13.7 Å². The molecule has 1 aromatic carbocycles. The van der Waals surface area contributed by atoms with E-state index in [0.29, 0.717) is 6.54 Å². The molecule has 0 atom stereocenters. The lowest BCUT2D eigenvalue weighted by molar-refractivity contribution is 0.376. The standard InChI is InChI=1S/C14H20BrNO/c1-10-11(15)5-6-12(17-2)13(10)14(9-16)7-3-4-8-14/h5-6H,3-4,7-9,16H2,1-2H3. The van der Waals surface area contributed by atoms with Crippen LogP contribution in [-0.2, 0) is 5.41 Å². The molecule has 1 aliphatic rings. The van der Waals surface area contributed by atoms with E-state index in [1.54, 1.807) is 7.11 Å². The van der Waals surface area contributed by atoms with Crippen LogP contribution < -0.4 is 10.5 Å². The van der Waals surface area contributed by atoms with E-state index in [4.69, 9.17) is 10.5 Å². The second-order valence-electron chi connectivity index (χ2n) is 4.94. The minimum atomic E-state index is 0.124. The first-order valence-electron chi connectivity index (χ1n) is 6.18. The third kappa shape index (κ3) is 2.11. The molecule has 2 nitrogen and oxygen atoms in total. The molecule has 0 amide bonds. The average Bonchev–Trinajstić information content (AvgIpc) is 2.82. The first kappa shape index (κ1) is 12.9. The number of benzene rings is 1. The zero-order valence-electron chi connectivity index (χ0n) is 10.6. The van der Waals surface area contributed by atoms with E-state index in [0.717, 1.165) is 10.2 Å². The Labute approximate surface area is 112 Å². The Morgan fingerprint density at radius 2 is 2.00 bits per heavy atom. The fourth-order valence-electron chi connectivity index (χ4n) is 3.10. The highest BCUT2D eigenvalue weighted by atomic mass is 79.9. The summed E-state index contributed by atoms with van der Waals surface area (Å²) in [6, 6.07) is 4.10. The van der Waals surface area contributed by atoms with E-state index in [1.807, 2.05) is 6.07 Å². The van der Waals surface area contributed by atoms with Crippen LogP contribution in [0.3, 0.4) is 0 Å². The summed E-state index contributed by atoms with van der Waals surface area (Å²) >= 11 is 3.61. The van der Waals surface area contributed by atoms with Crippen LogP contribution in [0.15, 0.2) is 16.6 Å². The number of hydrogen-bond donors (Lipinski definition) is 1. The van der Waals surface area contributed by atoms with Gasteiger partial charge in [-0.15, -0.1) is 0 Å². The Morgan fingerprint density at radius 3 is 2.53 bits per heavy atom. The van der Waals surface area contributed by atoms with Gasteiger partial charge in [-0.25, -0.2) is 0 Å². The summed E-state index contributed by atoms with van der Waals surface area (Å²) < 4.78 is 6.69. The summed E-state index contributed by atoms with van der Waals surface area (Å²) in [5.74, 6) is 0.984. The summed E-state index contributed by atoms with van der Waals surface area (Å²) in [5.41, 5.74) is 8.79. The number of hydrogen-bond acceptors (Lipinski definition) is 2. The second kappa shape index (κ2) is 4.99. The van der Waals surface area contributed by atoms with Crippen molar-refractivity contribution >= 4 is 15.9 Å². The Morgan fingerprint density at radius 1 is 1.35 bits per heavy atom. The van der Waals surface area contributed by atoms with Crippen molar-refractivity contribution in [3.05, 3.63) is 27.7 Å². The van der Waals surface area contributed by atoms with Gasteiger partial charge in [0.25, 0.3) is 0 Å². The van der Waals surface area contributed by atoms with Crippen molar-refractivity contribution in [1.29, 1.82) is 0 Å². The summed E-state index contributed by atoms with van der Waals surface area (Å²) in [6.07, 6.45) is 4.90. The third-order valence-electron chi connectivity index (χ3n) is 4.06. The molecular weight excluding hydrogens is 278 g/mol. The molecule has 1 fully saturated rings. The highest BCUT2D eigenvalue weighted by Crippen LogP contribution is 2.46. The van der Waals surface area contributed by atoms with Crippen LogP contribution in [0.2, 0.25) is 0 Å². The van der Waals surface area contributed by atoms with Gasteiger partial charge >= 0.3 is 0 Å². The molecule has 94 valence electrons. The summed E-state index contributed by atoms with van der Waals surface area (Å²) in [5, 5.41) is 0. The molecule has 0 bridgehead atoms. The van der Waals surface area contributed by atoms with Gasteiger partial charge in [0.05, 0.1) is 7.11 Å². The van der Waals surface area contributed by atoms with Crippen LogP contribution in [0.5, 0.6) is 5.75 Å². The van der Waals surface area contributed by atoms with Gasteiger partial charge in [0.15, 0.2) is 0 Å². The molecule has 3 heteroatoms. The molecule has 0 saturated heterocycles. The topological polar surface area (TPSA) is 35.2 Å². The molecule has 0 radical (unpaired) electrons. The SMILES string of the molecule is COc1ccc(Br)c(C)c1C1(CN)CCCC1. The van der Waals surface area contributed by atoms with Gasteiger partial charge in [-0.1, -0.05) is 28.8 Å². The molecular formula is C14H20BrNO. The third-order valence-corrected chi connectivity index (χ3v) is 4.92. The highest BCUT2D eigenvalue weighted by molar-refractivity contribution is 9.10. The Kier molecular flexibility index (Phi) is 3.79. The summed E-state index contributed by atoms with van der Waals surface area (Å²) in [6.45, 7) is 2.86. The molecule has 2 rings (SSSR count). The Balaban J connectivity index is 2.59. The van der Waals surface area contributed by atoms with Crippen molar-refractivity contribution in [2.75, 3.05) is 13.7 Å². The van der Waals surface area contributed by atoms with Gasteiger partial charge in [0.1, 0.15) is 5.75 Å². The zero-order chi connectivity index (χ0) is 12.5. The first-order valence-corrected chi connectivity index (χ1v) is 6.97. The normalized spacial score (nSPS) is 18.4. The predicted molar refractivity (Wildman–Crippen MR) is 74.6 cm³/mol. The molecule has 1 aromatic rings. The van der Waals surface area contributed by atoms with E-state index < -0.39 is 0 Å². The largest absolute Gasteiger partial charge is 0.496 e. The fraction of sp³-hybridized carbons (Fsp3) is 0.571. The number of rotatable bonds is 3. The fourth-order valence-corrected chi connectivity index (χ4v) is 3.43. The number of methoxy groups -OCH3 is 1. The van der Waals surface area contributed by atoms with Crippen LogP contribution in [0.4, 0.5) is 0 Å². The maximum atomic E-state index is 6.07. The lowest BCUT2D eigenvalue weighted by Gasteiger charge is -2.31. The number of halogens is 1. The van der Waals surface area contributed by atoms with Crippen LogP contribution in [0, 0.1) is 6.92 Å². The number of ether oxygens (including phenoxy) is 1. The maximum Gasteiger partial charge on any atom is 0.123 e. The Hall–Kier alpha value is -0.540. The van der Waals surface area contributed by atoms with Gasteiger partial charge in [0.2, 0.25) is 0 Å². The minimum Gasteiger partial charge on any atom is -0.496 e. The van der Waals surface area contributed by atoms with Crippen LogP contribution >= 0.6 is 15.9 Å². The minimum absolute atomic E-state index is 0.124. The van der Waals surface area contributed by atoms with Crippen molar-refractivity contribution in [2.24, 2.45) is 5.73 Å². The molecule has 1 saturated carbocycles. The van der Waals surface area contributed by atoms with Crippen molar-refractivity contribution in [3.8, 4) is 5.75 Å². The summed E-state index contributed by atoms with van der Waals surface area (Å²) in [4.78, 5) is 0. The van der Waals surface area contributed by atoms with Gasteiger partial charge in [-0.3, -0.25) is 0 Å². The van der Waals surface area contributed by atoms with Gasteiger partial charge in [-0.2, -0.15) is 0 Å². The zero-order valence-corrected chi connectivity index (χ0v) is 12.1. The average molecular weight is 298 g/mol. The Bertz CT molecular complexity index is 411. The molecule has 0 aromatic heterocycles. The lowest BCUT2D eigenvalue weighted by atomic mass is 9.76. The van der Waals surface area contributed by atoms with Crippen molar-refractivity contribution in [1.82, 2.24) is 0 Å². The van der Waals surface area contributed by atoms with Crippen molar-refractivity contribution < 1.29 is 4.74 Å². The van der Waals surface area contributed by atoms with E-state index >= 15 is 0 Å². The first-order chi connectivity index (χ1) is 8.14. The smallest absolute Gasteiger partial charge is 0.123 e.